The van der Waals surface area contributed by atoms with Gasteiger partial charge in [-0.15, -0.1) is 0 Å². The number of carboxylic acids is 1. The van der Waals surface area contributed by atoms with Crippen molar-refractivity contribution in [3.8, 4) is 0 Å². The van der Waals surface area contributed by atoms with Crippen LogP contribution in [0.15, 0.2) is 17.0 Å². The molecule has 1 aliphatic rings. The Kier molecular flexibility index (Phi) is 6.99. The highest BCUT2D eigenvalue weighted by Crippen LogP contribution is 2.42. The Morgan fingerprint density at radius 3 is 2.38 bits per heavy atom. The summed E-state index contributed by atoms with van der Waals surface area (Å²) in [6, 6.07) is 3.42. The summed E-state index contributed by atoms with van der Waals surface area (Å²) in [6.45, 7) is 4.98. The third-order valence-electron chi connectivity index (χ3n) is 4.61. The van der Waals surface area contributed by atoms with Gasteiger partial charge in [0.2, 0.25) is 0 Å². The second-order valence-corrected chi connectivity index (χ2v) is 7.37. The van der Waals surface area contributed by atoms with E-state index in [1.807, 2.05) is 19.9 Å². The van der Waals surface area contributed by atoms with E-state index in [-0.39, 0.29) is 10.8 Å². The van der Waals surface area contributed by atoms with Crippen molar-refractivity contribution in [3.05, 3.63) is 28.3 Å². The zero-order valence-corrected chi connectivity index (χ0v) is 15.8. The Bertz CT molecular complexity index is 611. The lowest BCUT2D eigenvalue weighted by Gasteiger charge is -2.25. The number of aromatic carboxylic acids is 1. The van der Waals surface area contributed by atoms with E-state index >= 15 is 0 Å². The molecule has 0 unspecified atom stereocenters. The molecule has 0 aromatic heterocycles. The Morgan fingerprint density at radius 2 is 1.83 bits per heavy atom. The lowest BCUT2D eigenvalue weighted by atomic mass is 9.84. The summed E-state index contributed by atoms with van der Waals surface area (Å²) in [5.41, 5.74) is 1.08. The van der Waals surface area contributed by atoms with Crippen molar-refractivity contribution < 1.29 is 14.7 Å². The van der Waals surface area contributed by atoms with Crippen molar-refractivity contribution in [2.75, 3.05) is 13.1 Å². The van der Waals surface area contributed by atoms with Crippen LogP contribution in [0.4, 0.5) is 4.79 Å². The number of carboxylic acid groups (broad SMARTS) is 1. The van der Waals surface area contributed by atoms with Crippen molar-refractivity contribution >= 4 is 34.6 Å². The molecule has 0 spiro atoms. The zero-order valence-electron chi connectivity index (χ0n) is 14.2. The van der Waals surface area contributed by atoms with Gasteiger partial charge >= 0.3 is 5.97 Å². The summed E-state index contributed by atoms with van der Waals surface area (Å²) in [4.78, 5) is 26.0. The van der Waals surface area contributed by atoms with Gasteiger partial charge in [0.15, 0.2) is 0 Å². The van der Waals surface area contributed by atoms with Gasteiger partial charge in [-0.25, -0.2) is 4.79 Å². The number of hydrogen-bond acceptors (Lipinski definition) is 3. The van der Waals surface area contributed by atoms with Crippen LogP contribution in [0.1, 0.15) is 67.8 Å². The fourth-order valence-electron chi connectivity index (χ4n) is 3.20. The molecule has 1 aromatic carbocycles. The van der Waals surface area contributed by atoms with E-state index in [0.717, 1.165) is 30.2 Å². The van der Waals surface area contributed by atoms with Crippen LogP contribution < -0.4 is 0 Å². The number of benzene rings is 1. The van der Waals surface area contributed by atoms with E-state index in [1.54, 1.807) is 11.0 Å². The maximum atomic E-state index is 12.4. The van der Waals surface area contributed by atoms with Gasteiger partial charge in [0, 0.05) is 13.1 Å². The molecule has 1 saturated carbocycles. The minimum atomic E-state index is -1.05. The zero-order chi connectivity index (χ0) is 17.7. The highest BCUT2D eigenvalue weighted by atomic mass is 35.5. The summed E-state index contributed by atoms with van der Waals surface area (Å²) in [6.07, 6.45) is 5.72. The topological polar surface area (TPSA) is 57.6 Å². The highest BCUT2D eigenvalue weighted by Gasteiger charge is 2.25. The lowest BCUT2D eigenvalue weighted by molar-refractivity contribution is 0.0693. The molecule has 0 bridgehead atoms. The van der Waals surface area contributed by atoms with Crippen LogP contribution in [0.2, 0.25) is 5.02 Å². The molecule has 1 amide bonds. The Morgan fingerprint density at radius 1 is 1.21 bits per heavy atom. The average molecular weight is 370 g/mol. The number of carbonyl (C=O) groups excluding carboxylic acids is 1. The molecule has 0 atom stereocenters. The SMILES string of the molecule is CCN(CC)C(=O)Sc1c(C(=O)O)ccc(C2CCCCC2)c1Cl. The van der Waals surface area contributed by atoms with E-state index in [0.29, 0.717) is 28.9 Å². The normalized spacial score (nSPS) is 15.3. The molecule has 6 heteroatoms. The third kappa shape index (κ3) is 4.25. The summed E-state index contributed by atoms with van der Waals surface area (Å²) >= 11 is 7.51. The smallest absolute Gasteiger partial charge is 0.336 e. The second kappa shape index (κ2) is 8.77. The first kappa shape index (κ1) is 19.1. The molecule has 1 aliphatic carbocycles. The van der Waals surface area contributed by atoms with Crippen molar-refractivity contribution in [1.29, 1.82) is 0 Å². The number of thioether (sulfide) groups is 1. The molecule has 132 valence electrons. The first-order chi connectivity index (χ1) is 11.5. The monoisotopic (exact) mass is 369 g/mol. The predicted molar refractivity (Wildman–Crippen MR) is 98.4 cm³/mol. The molecular weight excluding hydrogens is 346 g/mol. The lowest BCUT2D eigenvalue weighted by Crippen LogP contribution is -2.27. The van der Waals surface area contributed by atoms with E-state index < -0.39 is 5.97 Å². The minimum absolute atomic E-state index is 0.102. The van der Waals surface area contributed by atoms with Crippen molar-refractivity contribution in [2.45, 2.75) is 56.8 Å². The summed E-state index contributed by atoms with van der Waals surface area (Å²) < 4.78 is 0. The number of nitrogens with zero attached hydrogens (tertiary/aromatic N) is 1. The number of halogens is 1. The van der Waals surface area contributed by atoms with Gasteiger partial charge in [-0.1, -0.05) is 36.9 Å². The van der Waals surface area contributed by atoms with Crippen molar-refractivity contribution in [3.63, 3.8) is 0 Å². The van der Waals surface area contributed by atoms with E-state index in [1.165, 1.54) is 19.3 Å². The van der Waals surface area contributed by atoms with Gasteiger partial charge in [-0.3, -0.25) is 4.79 Å². The Labute approximate surface area is 152 Å². The summed E-state index contributed by atoms with van der Waals surface area (Å²) in [5.74, 6) is -0.695. The molecule has 1 N–H and O–H groups in total. The highest BCUT2D eigenvalue weighted by molar-refractivity contribution is 8.13. The van der Waals surface area contributed by atoms with Crippen LogP contribution in [-0.4, -0.2) is 34.3 Å². The molecular formula is C18H24ClNO3S. The molecule has 1 fully saturated rings. The van der Waals surface area contributed by atoms with E-state index in [4.69, 9.17) is 11.6 Å². The van der Waals surface area contributed by atoms with Crippen LogP contribution >= 0.6 is 23.4 Å². The maximum absolute atomic E-state index is 12.4. The predicted octanol–water partition coefficient (Wildman–Crippen LogP) is 5.64. The molecule has 2 rings (SSSR count). The molecule has 0 saturated heterocycles. The van der Waals surface area contributed by atoms with E-state index in [2.05, 4.69) is 0 Å². The van der Waals surface area contributed by atoms with E-state index in [9.17, 15) is 14.7 Å². The number of amides is 1. The van der Waals surface area contributed by atoms with Crippen LogP contribution in [0.3, 0.4) is 0 Å². The van der Waals surface area contributed by atoms with Crippen LogP contribution in [0.25, 0.3) is 0 Å². The molecule has 24 heavy (non-hydrogen) atoms. The number of rotatable bonds is 5. The fourth-order valence-corrected chi connectivity index (χ4v) is 4.67. The molecule has 0 heterocycles. The summed E-state index contributed by atoms with van der Waals surface area (Å²) in [7, 11) is 0. The van der Waals surface area contributed by atoms with Gasteiger partial charge in [-0.05, 0) is 56.0 Å². The largest absolute Gasteiger partial charge is 0.478 e. The van der Waals surface area contributed by atoms with Gasteiger partial charge < -0.3 is 10.0 Å². The van der Waals surface area contributed by atoms with Crippen molar-refractivity contribution in [2.24, 2.45) is 0 Å². The molecule has 0 aliphatic heterocycles. The van der Waals surface area contributed by atoms with Crippen LogP contribution in [0.5, 0.6) is 0 Å². The molecule has 4 nitrogen and oxygen atoms in total. The second-order valence-electron chi connectivity index (χ2n) is 6.03. The van der Waals surface area contributed by atoms with Crippen LogP contribution in [-0.2, 0) is 0 Å². The summed E-state index contributed by atoms with van der Waals surface area (Å²) in [5, 5.41) is 9.74. The molecule has 1 aromatic rings. The fraction of sp³-hybridized carbons (Fsp3) is 0.556. The average Bonchev–Trinajstić information content (AvgIpc) is 2.58. The first-order valence-corrected chi connectivity index (χ1v) is 9.71. The minimum Gasteiger partial charge on any atom is -0.478 e. The van der Waals surface area contributed by atoms with Gasteiger partial charge in [0.05, 0.1) is 15.5 Å². The molecule has 0 radical (unpaired) electrons. The van der Waals surface area contributed by atoms with Gasteiger partial charge in [-0.2, -0.15) is 0 Å². The number of hydrogen-bond donors (Lipinski definition) is 1. The quantitative estimate of drug-likeness (QED) is 0.682. The van der Waals surface area contributed by atoms with Gasteiger partial charge in [0.1, 0.15) is 0 Å². The Balaban J connectivity index is 2.38. The number of carbonyl (C=O) groups is 2. The standard InChI is InChI=1S/C18H24ClNO3S/c1-3-20(4-2)18(23)24-16-14(17(21)22)11-10-13(15(16)19)12-8-6-5-7-9-12/h10-12H,3-9H2,1-2H3,(H,21,22). The Hall–Kier alpha value is -1.20. The first-order valence-electron chi connectivity index (χ1n) is 8.52. The maximum Gasteiger partial charge on any atom is 0.336 e. The van der Waals surface area contributed by atoms with Gasteiger partial charge in [0.25, 0.3) is 5.24 Å². The third-order valence-corrected chi connectivity index (χ3v) is 6.19. The van der Waals surface area contributed by atoms with Crippen molar-refractivity contribution in [1.82, 2.24) is 4.90 Å². The van der Waals surface area contributed by atoms with Crippen LogP contribution in [0, 0.1) is 0 Å².